The molecule has 0 aliphatic heterocycles. The Morgan fingerprint density at radius 3 is 2.68 bits per heavy atom. The van der Waals surface area contributed by atoms with Crippen molar-refractivity contribution in [2.75, 3.05) is 13.2 Å². The van der Waals surface area contributed by atoms with Crippen molar-refractivity contribution in [1.29, 1.82) is 0 Å². The summed E-state index contributed by atoms with van der Waals surface area (Å²) >= 11 is 0. The van der Waals surface area contributed by atoms with Crippen molar-refractivity contribution in [2.24, 2.45) is 5.73 Å². The van der Waals surface area contributed by atoms with E-state index in [0.717, 1.165) is 18.2 Å². The molecule has 0 fully saturated rings. The van der Waals surface area contributed by atoms with Crippen LogP contribution in [0.3, 0.4) is 0 Å². The summed E-state index contributed by atoms with van der Waals surface area (Å²) in [7, 11) is 0. The molecule has 0 aliphatic carbocycles. The SMILES string of the molecule is NC(=O)OCCNC(=O)c1ccc([N+](=O)[O-])c(F)c1. The number of nitrogens with two attached hydrogens (primary N) is 1. The van der Waals surface area contributed by atoms with Crippen LogP contribution in [0.5, 0.6) is 0 Å². The number of nitro groups is 1. The molecule has 1 aromatic carbocycles. The van der Waals surface area contributed by atoms with Gasteiger partial charge in [0.1, 0.15) is 6.61 Å². The van der Waals surface area contributed by atoms with Gasteiger partial charge in [-0.15, -0.1) is 0 Å². The third kappa shape index (κ3) is 4.22. The van der Waals surface area contributed by atoms with E-state index in [4.69, 9.17) is 5.73 Å². The predicted molar refractivity (Wildman–Crippen MR) is 60.9 cm³/mol. The number of amides is 2. The Balaban J connectivity index is 2.60. The lowest BCUT2D eigenvalue weighted by atomic mass is 10.2. The minimum atomic E-state index is -1.11. The highest BCUT2D eigenvalue weighted by molar-refractivity contribution is 5.94. The lowest BCUT2D eigenvalue weighted by Gasteiger charge is -2.05. The van der Waals surface area contributed by atoms with Gasteiger partial charge in [-0.25, -0.2) is 4.79 Å². The number of nitrogens with zero attached hydrogens (tertiary/aromatic N) is 1. The highest BCUT2D eigenvalue weighted by Crippen LogP contribution is 2.17. The Hall–Kier alpha value is -2.71. The molecule has 1 aromatic rings. The Morgan fingerprint density at radius 2 is 2.16 bits per heavy atom. The Labute approximate surface area is 106 Å². The second kappa shape index (κ2) is 6.28. The first-order chi connectivity index (χ1) is 8.91. The van der Waals surface area contributed by atoms with Crippen LogP contribution >= 0.6 is 0 Å². The van der Waals surface area contributed by atoms with E-state index in [1.165, 1.54) is 0 Å². The smallest absolute Gasteiger partial charge is 0.404 e. The largest absolute Gasteiger partial charge is 0.448 e. The first-order valence-corrected chi connectivity index (χ1v) is 5.06. The van der Waals surface area contributed by atoms with Crippen LogP contribution in [0.25, 0.3) is 0 Å². The van der Waals surface area contributed by atoms with Crippen LogP contribution in [0.1, 0.15) is 10.4 Å². The number of nitro benzene ring substituents is 1. The molecule has 0 bridgehead atoms. The summed E-state index contributed by atoms with van der Waals surface area (Å²) < 4.78 is 17.6. The molecule has 1 rings (SSSR count). The van der Waals surface area contributed by atoms with Crippen molar-refractivity contribution in [3.63, 3.8) is 0 Å². The average molecular weight is 271 g/mol. The summed E-state index contributed by atoms with van der Waals surface area (Å²) in [6.45, 7) is -0.142. The summed E-state index contributed by atoms with van der Waals surface area (Å²) in [4.78, 5) is 31.2. The molecule has 3 N–H and O–H groups in total. The van der Waals surface area contributed by atoms with E-state index >= 15 is 0 Å². The molecular formula is C10H10FN3O5. The second-order valence-corrected chi connectivity index (χ2v) is 3.35. The third-order valence-electron chi connectivity index (χ3n) is 2.04. The van der Waals surface area contributed by atoms with Crippen molar-refractivity contribution < 1.29 is 23.6 Å². The van der Waals surface area contributed by atoms with E-state index in [0.29, 0.717) is 0 Å². The maximum Gasteiger partial charge on any atom is 0.404 e. The van der Waals surface area contributed by atoms with E-state index < -0.39 is 28.4 Å². The summed E-state index contributed by atoms with van der Waals surface area (Å²) in [5.74, 6) is -1.76. The molecule has 0 aliphatic rings. The number of hydrogen-bond acceptors (Lipinski definition) is 5. The highest BCUT2D eigenvalue weighted by Gasteiger charge is 2.16. The highest BCUT2D eigenvalue weighted by atomic mass is 19.1. The molecule has 0 atom stereocenters. The van der Waals surface area contributed by atoms with Gasteiger partial charge in [-0.2, -0.15) is 4.39 Å². The number of carbonyl (C=O) groups excluding carboxylic acids is 2. The fraction of sp³-hybridized carbons (Fsp3) is 0.200. The number of nitrogens with one attached hydrogen (secondary N) is 1. The molecule has 2 amide bonds. The number of benzene rings is 1. The maximum absolute atomic E-state index is 13.2. The van der Waals surface area contributed by atoms with Crippen LogP contribution in [-0.4, -0.2) is 30.1 Å². The molecule has 102 valence electrons. The zero-order chi connectivity index (χ0) is 14.4. The van der Waals surface area contributed by atoms with Gasteiger partial charge in [0.05, 0.1) is 11.5 Å². The number of rotatable bonds is 5. The van der Waals surface area contributed by atoms with Gasteiger partial charge in [0.25, 0.3) is 5.91 Å². The molecule has 8 nitrogen and oxygen atoms in total. The van der Waals surface area contributed by atoms with E-state index in [9.17, 15) is 24.1 Å². The normalized spacial score (nSPS) is 9.74. The van der Waals surface area contributed by atoms with Gasteiger partial charge in [0.2, 0.25) is 5.82 Å². The monoisotopic (exact) mass is 271 g/mol. The van der Waals surface area contributed by atoms with E-state index in [2.05, 4.69) is 10.1 Å². The molecule has 0 spiro atoms. The minimum Gasteiger partial charge on any atom is -0.448 e. The van der Waals surface area contributed by atoms with Crippen molar-refractivity contribution >= 4 is 17.7 Å². The van der Waals surface area contributed by atoms with Gasteiger partial charge in [-0.3, -0.25) is 14.9 Å². The van der Waals surface area contributed by atoms with Gasteiger partial charge in [-0.1, -0.05) is 0 Å². The molecule has 0 unspecified atom stereocenters. The van der Waals surface area contributed by atoms with Crippen molar-refractivity contribution in [2.45, 2.75) is 0 Å². The number of hydrogen-bond donors (Lipinski definition) is 2. The summed E-state index contributed by atoms with van der Waals surface area (Å²) in [5.41, 5.74) is 3.90. The molecule has 0 aromatic heterocycles. The molecule has 9 heteroatoms. The van der Waals surface area contributed by atoms with E-state index in [1.807, 2.05) is 0 Å². The number of primary amides is 1. The Kier molecular flexibility index (Phi) is 4.75. The third-order valence-corrected chi connectivity index (χ3v) is 2.04. The van der Waals surface area contributed by atoms with E-state index in [1.54, 1.807) is 0 Å². The number of ether oxygens (including phenoxy) is 1. The van der Waals surface area contributed by atoms with Crippen LogP contribution in [0.15, 0.2) is 18.2 Å². The van der Waals surface area contributed by atoms with Gasteiger partial charge in [0, 0.05) is 11.6 Å². The lowest BCUT2D eigenvalue weighted by molar-refractivity contribution is -0.387. The van der Waals surface area contributed by atoms with Crippen LogP contribution < -0.4 is 11.1 Å². The maximum atomic E-state index is 13.2. The fourth-order valence-corrected chi connectivity index (χ4v) is 1.21. The first-order valence-electron chi connectivity index (χ1n) is 5.06. The predicted octanol–water partition coefficient (Wildman–Crippen LogP) is 0.559. The quantitative estimate of drug-likeness (QED) is 0.460. The van der Waals surface area contributed by atoms with Gasteiger partial charge in [-0.05, 0) is 12.1 Å². The zero-order valence-corrected chi connectivity index (χ0v) is 9.59. The average Bonchev–Trinajstić information content (AvgIpc) is 2.33. The molecule has 0 saturated heterocycles. The Bertz CT molecular complexity index is 520. The molecule has 0 heterocycles. The van der Waals surface area contributed by atoms with Gasteiger partial charge >= 0.3 is 11.8 Å². The van der Waals surface area contributed by atoms with Crippen molar-refractivity contribution in [3.05, 3.63) is 39.7 Å². The van der Waals surface area contributed by atoms with Crippen LogP contribution in [-0.2, 0) is 4.74 Å². The topological polar surface area (TPSA) is 125 Å². The standard InChI is InChI=1S/C10H10FN3O5/c11-7-5-6(1-2-8(7)14(17)18)9(15)13-3-4-19-10(12)16/h1-2,5H,3-4H2,(H2,12,16)(H,13,15). The fourth-order valence-electron chi connectivity index (χ4n) is 1.21. The summed E-state index contributed by atoms with van der Waals surface area (Å²) in [5, 5.41) is 12.7. The molecular weight excluding hydrogens is 261 g/mol. The minimum absolute atomic E-state index is 0.0135. The summed E-state index contributed by atoms with van der Waals surface area (Å²) in [6, 6.07) is 2.76. The molecule has 0 saturated carbocycles. The lowest BCUT2D eigenvalue weighted by Crippen LogP contribution is -2.29. The van der Waals surface area contributed by atoms with Crippen LogP contribution in [0, 0.1) is 15.9 Å². The van der Waals surface area contributed by atoms with Crippen molar-refractivity contribution in [3.8, 4) is 0 Å². The number of carbonyl (C=O) groups is 2. The second-order valence-electron chi connectivity index (χ2n) is 3.35. The van der Waals surface area contributed by atoms with Crippen LogP contribution in [0.2, 0.25) is 0 Å². The Morgan fingerprint density at radius 1 is 1.47 bits per heavy atom. The van der Waals surface area contributed by atoms with Gasteiger partial charge < -0.3 is 15.8 Å². The molecule has 0 radical (unpaired) electrons. The zero-order valence-electron chi connectivity index (χ0n) is 9.59. The van der Waals surface area contributed by atoms with Crippen molar-refractivity contribution in [1.82, 2.24) is 5.32 Å². The number of halogens is 1. The first kappa shape index (κ1) is 14.4. The van der Waals surface area contributed by atoms with Crippen LogP contribution in [0.4, 0.5) is 14.9 Å². The summed E-state index contributed by atoms with van der Waals surface area (Å²) in [6.07, 6.45) is -0.976. The molecule has 19 heavy (non-hydrogen) atoms. The van der Waals surface area contributed by atoms with E-state index in [-0.39, 0.29) is 18.7 Å². The van der Waals surface area contributed by atoms with Gasteiger partial charge in [0.15, 0.2) is 0 Å².